The van der Waals surface area contributed by atoms with Crippen molar-refractivity contribution in [3.8, 4) is 0 Å². The van der Waals surface area contributed by atoms with Crippen molar-refractivity contribution in [2.45, 2.75) is 44.7 Å². The van der Waals surface area contributed by atoms with Crippen LogP contribution in [0.4, 0.5) is 10.5 Å². The van der Waals surface area contributed by atoms with Crippen LogP contribution in [0.3, 0.4) is 0 Å². The summed E-state index contributed by atoms with van der Waals surface area (Å²) >= 11 is 0. The Morgan fingerprint density at radius 1 is 1.16 bits per heavy atom. The molecule has 1 saturated carbocycles. The molecule has 3 amide bonds. The highest BCUT2D eigenvalue weighted by Crippen LogP contribution is 2.31. The number of carbonyl (C=O) groups is 2. The third kappa shape index (κ3) is 3.76. The van der Waals surface area contributed by atoms with Crippen LogP contribution in [0.2, 0.25) is 0 Å². The molecule has 2 aromatic heterocycles. The van der Waals surface area contributed by atoms with Gasteiger partial charge in [0.25, 0.3) is 5.91 Å². The fourth-order valence-electron chi connectivity index (χ4n) is 4.79. The van der Waals surface area contributed by atoms with Crippen LogP contribution in [0.25, 0.3) is 11.0 Å². The number of hydrogen-bond acceptors (Lipinski definition) is 3. The zero-order valence-corrected chi connectivity index (χ0v) is 17.7. The lowest BCUT2D eigenvalue weighted by Gasteiger charge is -2.30. The molecule has 0 spiro atoms. The van der Waals surface area contributed by atoms with Crippen molar-refractivity contribution < 1.29 is 9.59 Å². The summed E-state index contributed by atoms with van der Waals surface area (Å²) in [4.78, 5) is 31.2. The van der Waals surface area contributed by atoms with Gasteiger partial charge >= 0.3 is 6.03 Å². The van der Waals surface area contributed by atoms with Gasteiger partial charge in [0.05, 0.1) is 0 Å². The molecule has 2 aliphatic rings. The van der Waals surface area contributed by atoms with E-state index in [1.165, 1.54) is 5.39 Å². The molecule has 3 heterocycles. The van der Waals surface area contributed by atoms with Crippen molar-refractivity contribution in [2.75, 3.05) is 18.0 Å². The predicted molar refractivity (Wildman–Crippen MR) is 120 cm³/mol. The fourth-order valence-corrected chi connectivity index (χ4v) is 4.79. The molecular formula is C24H27N5O2. The zero-order chi connectivity index (χ0) is 21.4. The number of nitrogens with one attached hydrogen (secondary N) is 2. The second kappa shape index (κ2) is 8.06. The zero-order valence-electron chi connectivity index (χ0n) is 17.7. The molecule has 3 aromatic rings. The van der Waals surface area contributed by atoms with Gasteiger partial charge in [-0.05, 0) is 68.5 Å². The number of urea groups is 1. The maximum Gasteiger partial charge on any atom is 0.322 e. The average Bonchev–Trinajstić information content (AvgIpc) is 3.41. The second-order valence-electron chi connectivity index (χ2n) is 8.50. The number of aryl methyl sites for hydroxylation is 1. The molecule has 1 aromatic carbocycles. The molecule has 2 fully saturated rings. The standard InChI is InChI=1S/C24H27N5O2/c1-16-4-5-18(15-21(16)29-14-12-26-24(29)31)23(30)27-19-6-8-20(9-7-19)28-13-10-17-3-2-11-25-22(17)28/h2-5,10-11,13,15,19-20H,6-9,12,14H2,1H3,(H,26,31)(H,27,30). The van der Waals surface area contributed by atoms with E-state index < -0.39 is 0 Å². The molecule has 7 heteroatoms. The number of pyridine rings is 1. The highest BCUT2D eigenvalue weighted by molar-refractivity contribution is 5.99. The van der Waals surface area contributed by atoms with Crippen molar-refractivity contribution in [3.63, 3.8) is 0 Å². The number of carbonyl (C=O) groups excluding carboxylic acids is 2. The van der Waals surface area contributed by atoms with Crippen LogP contribution in [-0.2, 0) is 0 Å². The Labute approximate surface area is 181 Å². The second-order valence-corrected chi connectivity index (χ2v) is 8.50. The third-order valence-corrected chi connectivity index (χ3v) is 6.52. The first-order valence-electron chi connectivity index (χ1n) is 11.0. The Morgan fingerprint density at radius 3 is 2.77 bits per heavy atom. The van der Waals surface area contributed by atoms with E-state index in [2.05, 4.69) is 38.5 Å². The van der Waals surface area contributed by atoms with Gasteiger partial charge in [-0.25, -0.2) is 9.78 Å². The fraction of sp³-hybridized carbons (Fsp3) is 0.375. The molecule has 160 valence electrons. The molecule has 1 aliphatic carbocycles. The average molecular weight is 418 g/mol. The largest absolute Gasteiger partial charge is 0.349 e. The molecule has 0 unspecified atom stereocenters. The van der Waals surface area contributed by atoms with E-state index in [9.17, 15) is 9.59 Å². The molecule has 7 nitrogen and oxygen atoms in total. The molecule has 0 radical (unpaired) electrons. The number of hydrogen-bond donors (Lipinski definition) is 2. The minimum atomic E-state index is -0.106. The van der Waals surface area contributed by atoms with Gasteiger partial charge in [-0.2, -0.15) is 0 Å². The highest BCUT2D eigenvalue weighted by atomic mass is 16.2. The number of rotatable bonds is 4. The Kier molecular flexibility index (Phi) is 5.10. The molecule has 5 rings (SSSR count). The summed E-state index contributed by atoms with van der Waals surface area (Å²) in [6.07, 6.45) is 7.87. The van der Waals surface area contributed by atoms with Gasteiger partial charge in [0.15, 0.2) is 0 Å². The Morgan fingerprint density at radius 2 is 2.00 bits per heavy atom. The maximum absolute atomic E-state index is 12.9. The SMILES string of the molecule is Cc1ccc(C(=O)NC2CCC(n3ccc4cccnc43)CC2)cc1N1CCNC1=O. The van der Waals surface area contributed by atoms with Crippen molar-refractivity contribution in [2.24, 2.45) is 0 Å². The molecule has 31 heavy (non-hydrogen) atoms. The van der Waals surface area contributed by atoms with Crippen LogP contribution in [0.5, 0.6) is 0 Å². The Balaban J connectivity index is 1.23. The molecule has 1 aliphatic heterocycles. The van der Waals surface area contributed by atoms with Gasteiger partial charge in [-0.1, -0.05) is 6.07 Å². The Bertz CT molecular complexity index is 1130. The van der Waals surface area contributed by atoms with Gasteiger partial charge in [0.1, 0.15) is 5.65 Å². The summed E-state index contributed by atoms with van der Waals surface area (Å²) in [6, 6.07) is 12.2. The molecule has 0 bridgehead atoms. The molecule has 1 saturated heterocycles. The van der Waals surface area contributed by atoms with Crippen molar-refractivity contribution in [1.29, 1.82) is 0 Å². The van der Waals surface area contributed by atoms with E-state index in [0.717, 1.165) is 42.6 Å². The first-order chi connectivity index (χ1) is 15.1. The summed E-state index contributed by atoms with van der Waals surface area (Å²) in [6.45, 7) is 3.21. The van der Waals surface area contributed by atoms with Crippen LogP contribution < -0.4 is 15.5 Å². The number of benzene rings is 1. The van der Waals surface area contributed by atoms with E-state index in [0.29, 0.717) is 24.7 Å². The smallest absolute Gasteiger partial charge is 0.322 e. The van der Waals surface area contributed by atoms with Crippen molar-refractivity contribution >= 4 is 28.7 Å². The lowest BCUT2D eigenvalue weighted by atomic mass is 9.90. The van der Waals surface area contributed by atoms with Crippen LogP contribution in [0.1, 0.15) is 47.6 Å². The Hall–Kier alpha value is -3.35. The predicted octanol–water partition coefficient (Wildman–Crippen LogP) is 3.79. The van der Waals surface area contributed by atoms with Gasteiger partial charge in [-0.15, -0.1) is 0 Å². The molecular weight excluding hydrogens is 390 g/mol. The summed E-state index contributed by atoms with van der Waals surface area (Å²) < 4.78 is 2.28. The van der Waals surface area contributed by atoms with Crippen LogP contribution in [-0.4, -0.2) is 40.6 Å². The van der Waals surface area contributed by atoms with E-state index in [-0.39, 0.29) is 18.0 Å². The number of amides is 3. The van der Waals surface area contributed by atoms with Crippen LogP contribution in [0.15, 0.2) is 48.8 Å². The topological polar surface area (TPSA) is 79.3 Å². The number of fused-ring (bicyclic) bond motifs is 1. The molecule has 2 N–H and O–H groups in total. The summed E-state index contributed by atoms with van der Waals surface area (Å²) in [5.74, 6) is -0.0719. The normalized spacial score (nSPS) is 21.3. The van der Waals surface area contributed by atoms with Gasteiger partial charge in [0.2, 0.25) is 0 Å². The van der Waals surface area contributed by atoms with E-state index in [1.807, 2.05) is 37.4 Å². The monoisotopic (exact) mass is 417 g/mol. The summed E-state index contributed by atoms with van der Waals surface area (Å²) in [5, 5.41) is 7.19. The third-order valence-electron chi connectivity index (χ3n) is 6.52. The minimum Gasteiger partial charge on any atom is -0.349 e. The van der Waals surface area contributed by atoms with E-state index in [1.54, 1.807) is 4.90 Å². The lowest BCUT2D eigenvalue weighted by molar-refractivity contribution is 0.0922. The van der Waals surface area contributed by atoms with Crippen LogP contribution >= 0.6 is 0 Å². The highest BCUT2D eigenvalue weighted by Gasteiger charge is 2.26. The van der Waals surface area contributed by atoms with E-state index >= 15 is 0 Å². The van der Waals surface area contributed by atoms with E-state index in [4.69, 9.17) is 0 Å². The van der Waals surface area contributed by atoms with Gasteiger partial charge in [-0.3, -0.25) is 9.69 Å². The summed E-state index contributed by atoms with van der Waals surface area (Å²) in [7, 11) is 0. The van der Waals surface area contributed by atoms with Crippen molar-refractivity contribution in [1.82, 2.24) is 20.2 Å². The first kappa shape index (κ1) is 19.6. The maximum atomic E-state index is 12.9. The molecule has 0 atom stereocenters. The number of anilines is 1. The van der Waals surface area contributed by atoms with Gasteiger partial charge < -0.3 is 15.2 Å². The first-order valence-corrected chi connectivity index (χ1v) is 11.0. The number of aromatic nitrogens is 2. The van der Waals surface area contributed by atoms with Gasteiger partial charge in [0, 0.05) is 54.2 Å². The number of nitrogens with zero attached hydrogens (tertiary/aromatic N) is 3. The minimum absolute atomic E-state index is 0.0719. The van der Waals surface area contributed by atoms with Crippen LogP contribution in [0, 0.1) is 6.92 Å². The lowest BCUT2D eigenvalue weighted by Crippen LogP contribution is -2.38. The van der Waals surface area contributed by atoms with Crippen molar-refractivity contribution in [3.05, 3.63) is 59.9 Å². The quantitative estimate of drug-likeness (QED) is 0.678. The summed E-state index contributed by atoms with van der Waals surface area (Å²) in [5.41, 5.74) is 3.43.